The molecule has 0 spiro atoms. The lowest BCUT2D eigenvalue weighted by atomic mass is 10.0. The van der Waals surface area contributed by atoms with E-state index in [1.54, 1.807) is 11.0 Å². The summed E-state index contributed by atoms with van der Waals surface area (Å²) in [6.07, 6.45) is 2.33. The summed E-state index contributed by atoms with van der Waals surface area (Å²) in [5, 5.41) is 2.60. The molecule has 0 bridgehead atoms. The summed E-state index contributed by atoms with van der Waals surface area (Å²) in [6.45, 7) is 5.54. The van der Waals surface area contributed by atoms with Crippen molar-refractivity contribution in [1.29, 1.82) is 0 Å². The van der Waals surface area contributed by atoms with Gasteiger partial charge >= 0.3 is 0 Å². The van der Waals surface area contributed by atoms with Gasteiger partial charge in [0.15, 0.2) is 5.78 Å². The standard InChI is InChI=1S/C18H24N2O3/c1-13-5-6-15(11-14(13)2)16(21)7-8-17(22)19-12-18(23)20-9-3-4-10-20/h5-6,11H,3-4,7-10,12H2,1-2H3,(H,19,22). The molecule has 1 saturated heterocycles. The van der Waals surface area contributed by atoms with Crippen LogP contribution in [0.15, 0.2) is 18.2 Å². The first-order valence-electron chi connectivity index (χ1n) is 8.12. The number of Topliss-reactive ketones (excluding diaryl/α,β-unsaturated/α-hetero) is 1. The van der Waals surface area contributed by atoms with E-state index in [1.165, 1.54) is 0 Å². The minimum Gasteiger partial charge on any atom is -0.347 e. The third-order valence-electron chi connectivity index (χ3n) is 4.30. The van der Waals surface area contributed by atoms with Gasteiger partial charge in [-0.2, -0.15) is 0 Å². The highest BCUT2D eigenvalue weighted by atomic mass is 16.2. The highest BCUT2D eigenvalue weighted by molar-refractivity contribution is 5.98. The minimum atomic E-state index is -0.255. The van der Waals surface area contributed by atoms with E-state index in [2.05, 4.69) is 5.32 Å². The van der Waals surface area contributed by atoms with Gasteiger partial charge in [0.2, 0.25) is 11.8 Å². The molecule has 0 unspecified atom stereocenters. The van der Waals surface area contributed by atoms with Crippen molar-refractivity contribution < 1.29 is 14.4 Å². The van der Waals surface area contributed by atoms with Gasteiger partial charge in [0.1, 0.15) is 0 Å². The number of nitrogens with zero attached hydrogens (tertiary/aromatic N) is 1. The maximum Gasteiger partial charge on any atom is 0.241 e. The number of amides is 2. The molecule has 5 heteroatoms. The lowest BCUT2D eigenvalue weighted by Crippen LogP contribution is -2.38. The fraction of sp³-hybridized carbons (Fsp3) is 0.500. The Bertz CT molecular complexity index is 604. The molecule has 1 N–H and O–H groups in total. The molecule has 1 fully saturated rings. The van der Waals surface area contributed by atoms with Gasteiger partial charge in [-0.25, -0.2) is 0 Å². The maximum atomic E-state index is 12.1. The van der Waals surface area contributed by atoms with Crippen LogP contribution in [0.4, 0.5) is 0 Å². The van der Waals surface area contributed by atoms with Crippen molar-refractivity contribution in [2.45, 2.75) is 39.5 Å². The van der Waals surface area contributed by atoms with Gasteiger partial charge in [-0.1, -0.05) is 12.1 Å². The summed E-state index contributed by atoms with van der Waals surface area (Å²) in [5.74, 6) is -0.347. The van der Waals surface area contributed by atoms with Gasteiger partial charge in [0.05, 0.1) is 6.54 Å². The van der Waals surface area contributed by atoms with E-state index in [9.17, 15) is 14.4 Å². The first-order chi connectivity index (χ1) is 11.0. The van der Waals surface area contributed by atoms with Crippen LogP contribution < -0.4 is 5.32 Å². The second-order valence-corrected chi connectivity index (χ2v) is 6.09. The predicted molar refractivity (Wildman–Crippen MR) is 88.3 cm³/mol. The predicted octanol–water partition coefficient (Wildman–Crippen LogP) is 2.00. The Labute approximate surface area is 137 Å². The molecule has 124 valence electrons. The van der Waals surface area contributed by atoms with Crippen molar-refractivity contribution >= 4 is 17.6 Å². The van der Waals surface area contributed by atoms with Gasteiger partial charge < -0.3 is 10.2 Å². The Kier molecular flexibility index (Phi) is 5.90. The Hall–Kier alpha value is -2.17. The van der Waals surface area contributed by atoms with Crippen LogP contribution in [0.1, 0.15) is 47.2 Å². The number of rotatable bonds is 6. The quantitative estimate of drug-likeness (QED) is 0.816. The SMILES string of the molecule is Cc1ccc(C(=O)CCC(=O)NCC(=O)N2CCCC2)cc1C. The number of carbonyl (C=O) groups excluding carboxylic acids is 3. The molecule has 0 aliphatic carbocycles. The first-order valence-corrected chi connectivity index (χ1v) is 8.12. The summed E-state index contributed by atoms with van der Waals surface area (Å²) in [7, 11) is 0. The van der Waals surface area contributed by atoms with Gasteiger partial charge in [0, 0.05) is 31.5 Å². The van der Waals surface area contributed by atoms with Gasteiger partial charge in [-0.15, -0.1) is 0 Å². The van der Waals surface area contributed by atoms with Gasteiger partial charge in [0.25, 0.3) is 0 Å². The number of likely N-dealkylation sites (tertiary alicyclic amines) is 1. The zero-order valence-electron chi connectivity index (χ0n) is 13.9. The van der Waals surface area contributed by atoms with Crippen LogP contribution >= 0.6 is 0 Å². The topological polar surface area (TPSA) is 66.5 Å². The van der Waals surface area contributed by atoms with E-state index in [4.69, 9.17) is 0 Å². The normalized spacial score (nSPS) is 13.9. The molecule has 1 aliphatic rings. The molecular weight excluding hydrogens is 292 g/mol. The van der Waals surface area contributed by atoms with E-state index in [0.29, 0.717) is 5.56 Å². The molecule has 1 heterocycles. The van der Waals surface area contributed by atoms with E-state index in [1.807, 2.05) is 26.0 Å². The van der Waals surface area contributed by atoms with Gasteiger partial charge in [-0.05, 0) is 43.9 Å². The second kappa shape index (κ2) is 7.90. The highest BCUT2D eigenvalue weighted by Crippen LogP contribution is 2.12. The third kappa shape index (κ3) is 4.91. The van der Waals surface area contributed by atoms with Crippen molar-refractivity contribution in [3.63, 3.8) is 0 Å². The van der Waals surface area contributed by atoms with Crippen molar-refractivity contribution in [2.24, 2.45) is 0 Å². The molecule has 1 aromatic carbocycles. The third-order valence-corrected chi connectivity index (χ3v) is 4.30. The molecule has 2 amide bonds. The smallest absolute Gasteiger partial charge is 0.241 e. The summed E-state index contributed by atoms with van der Waals surface area (Å²) in [4.78, 5) is 37.5. The van der Waals surface area contributed by atoms with Crippen molar-refractivity contribution in [1.82, 2.24) is 10.2 Å². The van der Waals surface area contributed by atoms with Crippen LogP contribution in [-0.2, 0) is 9.59 Å². The molecular formula is C18H24N2O3. The van der Waals surface area contributed by atoms with Crippen LogP contribution in [0.3, 0.4) is 0 Å². The fourth-order valence-corrected chi connectivity index (χ4v) is 2.63. The van der Waals surface area contributed by atoms with Crippen molar-refractivity contribution in [3.8, 4) is 0 Å². The Morgan fingerprint density at radius 2 is 1.74 bits per heavy atom. The van der Waals surface area contributed by atoms with E-state index < -0.39 is 0 Å². The molecule has 1 aliphatic heterocycles. The van der Waals surface area contributed by atoms with Crippen LogP contribution in [0.2, 0.25) is 0 Å². The largest absolute Gasteiger partial charge is 0.347 e. The molecule has 23 heavy (non-hydrogen) atoms. The van der Waals surface area contributed by atoms with Crippen LogP contribution in [0.5, 0.6) is 0 Å². The highest BCUT2D eigenvalue weighted by Gasteiger charge is 2.18. The average molecular weight is 316 g/mol. The molecule has 1 aromatic rings. The molecule has 0 radical (unpaired) electrons. The summed E-state index contributed by atoms with van der Waals surface area (Å²) >= 11 is 0. The molecule has 0 atom stereocenters. The molecule has 2 rings (SSSR count). The minimum absolute atomic E-state index is 0.0245. The summed E-state index contributed by atoms with van der Waals surface area (Å²) in [6, 6.07) is 5.56. The van der Waals surface area contributed by atoms with Crippen LogP contribution in [0.25, 0.3) is 0 Å². The number of benzene rings is 1. The molecule has 5 nitrogen and oxygen atoms in total. The lowest BCUT2D eigenvalue weighted by Gasteiger charge is -2.15. The Morgan fingerprint density at radius 1 is 1.04 bits per heavy atom. The van der Waals surface area contributed by atoms with Crippen LogP contribution in [0, 0.1) is 13.8 Å². The monoisotopic (exact) mass is 316 g/mol. The maximum absolute atomic E-state index is 12.1. The zero-order chi connectivity index (χ0) is 16.8. The van der Waals surface area contributed by atoms with Gasteiger partial charge in [-0.3, -0.25) is 14.4 Å². The number of ketones is 1. The molecule has 0 saturated carbocycles. The van der Waals surface area contributed by atoms with E-state index in [-0.39, 0.29) is 37.0 Å². The van der Waals surface area contributed by atoms with Crippen molar-refractivity contribution in [2.75, 3.05) is 19.6 Å². The average Bonchev–Trinajstić information content (AvgIpc) is 3.07. The van der Waals surface area contributed by atoms with Crippen LogP contribution in [-0.4, -0.2) is 42.1 Å². The van der Waals surface area contributed by atoms with E-state index >= 15 is 0 Å². The number of carbonyl (C=O) groups is 3. The number of hydrogen-bond donors (Lipinski definition) is 1. The summed E-state index contributed by atoms with van der Waals surface area (Å²) in [5.41, 5.74) is 2.84. The second-order valence-electron chi connectivity index (χ2n) is 6.09. The lowest BCUT2D eigenvalue weighted by molar-refractivity contribution is -0.132. The number of hydrogen-bond acceptors (Lipinski definition) is 3. The molecule has 0 aromatic heterocycles. The zero-order valence-corrected chi connectivity index (χ0v) is 13.9. The number of aryl methyl sites for hydroxylation is 2. The van der Waals surface area contributed by atoms with E-state index in [0.717, 1.165) is 37.1 Å². The Morgan fingerprint density at radius 3 is 2.39 bits per heavy atom. The van der Waals surface area contributed by atoms with Crippen molar-refractivity contribution in [3.05, 3.63) is 34.9 Å². The summed E-state index contributed by atoms with van der Waals surface area (Å²) < 4.78 is 0. The number of nitrogens with one attached hydrogen (secondary N) is 1. The Balaban J connectivity index is 1.74. The first kappa shape index (κ1) is 17.2. The fourth-order valence-electron chi connectivity index (χ4n) is 2.63.